The number of para-hydroxylation sites is 2. The highest BCUT2D eigenvalue weighted by molar-refractivity contribution is 9.10. The maximum atomic E-state index is 13.5. The number of hydrogen-bond acceptors (Lipinski definition) is 4. The van der Waals surface area contributed by atoms with Gasteiger partial charge in [0.1, 0.15) is 5.82 Å². The van der Waals surface area contributed by atoms with Gasteiger partial charge in [0.05, 0.1) is 23.5 Å². The van der Waals surface area contributed by atoms with Crippen molar-refractivity contribution in [3.05, 3.63) is 94.7 Å². The summed E-state index contributed by atoms with van der Waals surface area (Å²) in [4.78, 5) is 25.5. The van der Waals surface area contributed by atoms with Gasteiger partial charge in [0.15, 0.2) is 0 Å². The number of rotatable bonds is 6. The lowest BCUT2D eigenvalue weighted by Crippen LogP contribution is -2.52. The maximum Gasteiger partial charge on any atom is 0.227 e. The van der Waals surface area contributed by atoms with E-state index in [-0.39, 0.29) is 5.92 Å². The van der Waals surface area contributed by atoms with Crippen molar-refractivity contribution >= 4 is 32.9 Å². The third-order valence-electron chi connectivity index (χ3n) is 7.85. The van der Waals surface area contributed by atoms with E-state index in [1.165, 1.54) is 5.56 Å². The van der Waals surface area contributed by atoms with E-state index in [9.17, 15) is 4.79 Å². The number of amides is 1. The Balaban J connectivity index is 1.12. The zero-order valence-corrected chi connectivity index (χ0v) is 23.3. The molecule has 1 atom stereocenters. The molecule has 0 aliphatic carbocycles. The summed E-state index contributed by atoms with van der Waals surface area (Å²) < 4.78 is 3.31. The molecule has 0 N–H and O–H groups in total. The number of piperidine rings is 1. The SMILES string of the molecule is O=C([C@@H]1CCCN(Cc2nc3ccccc3n2-c2cccc(Br)c2)C1)N1CCN(Cc2ccccc2)CC1. The molecule has 0 unspecified atom stereocenters. The Morgan fingerprint density at radius 1 is 0.842 bits per heavy atom. The highest BCUT2D eigenvalue weighted by Gasteiger charge is 2.31. The zero-order valence-electron chi connectivity index (χ0n) is 21.7. The highest BCUT2D eigenvalue weighted by atomic mass is 79.9. The third-order valence-corrected chi connectivity index (χ3v) is 8.34. The summed E-state index contributed by atoms with van der Waals surface area (Å²) in [7, 11) is 0. The van der Waals surface area contributed by atoms with Gasteiger partial charge in [0.2, 0.25) is 5.91 Å². The molecule has 2 aliphatic rings. The van der Waals surface area contributed by atoms with Crippen LogP contribution in [0, 0.1) is 5.92 Å². The number of fused-ring (bicyclic) bond motifs is 1. The molecule has 3 heterocycles. The Bertz CT molecular complexity index is 1400. The van der Waals surface area contributed by atoms with Crippen molar-refractivity contribution in [2.24, 2.45) is 5.92 Å². The molecule has 2 fully saturated rings. The monoisotopic (exact) mass is 571 g/mol. The van der Waals surface area contributed by atoms with E-state index in [2.05, 4.69) is 102 Å². The normalized spacial score (nSPS) is 19.2. The van der Waals surface area contributed by atoms with Crippen molar-refractivity contribution in [3.8, 4) is 5.69 Å². The fourth-order valence-electron chi connectivity index (χ4n) is 5.91. The topological polar surface area (TPSA) is 44.6 Å². The standard InChI is InChI=1S/C31H34BrN5O/c32-26-11-6-12-27(20-26)37-29-14-5-4-13-28(29)33-30(37)23-35-15-7-10-25(22-35)31(38)36-18-16-34(17-19-36)21-24-8-2-1-3-9-24/h1-6,8-9,11-14,20,25H,7,10,15-19,21-23H2/t25-/m1/s1. The number of benzene rings is 3. The molecule has 2 saturated heterocycles. The summed E-state index contributed by atoms with van der Waals surface area (Å²) in [5, 5.41) is 0. The van der Waals surface area contributed by atoms with Gasteiger partial charge >= 0.3 is 0 Å². The van der Waals surface area contributed by atoms with Crippen LogP contribution in [0.1, 0.15) is 24.2 Å². The van der Waals surface area contributed by atoms with E-state index < -0.39 is 0 Å². The molecule has 7 heteroatoms. The molecule has 0 bridgehead atoms. The second-order valence-corrected chi connectivity index (χ2v) is 11.4. The Kier molecular flexibility index (Phi) is 7.58. The van der Waals surface area contributed by atoms with Crippen LogP contribution in [0.2, 0.25) is 0 Å². The van der Waals surface area contributed by atoms with E-state index >= 15 is 0 Å². The third kappa shape index (κ3) is 5.55. The largest absolute Gasteiger partial charge is 0.340 e. The highest BCUT2D eigenvalue weighted by Crippen LogP contribution is 2.27. The van der Waals surface area contributed by atoms with Gasteiger partial charge in [-0.1, -0.05) is 64.5 Å². The number of piperazine rings is 1. The van der Waals surface area contributed by atoms with Crippen molar-refractivity contribution in [3.63, 3.8) is 0 Å². The fraction of sp³-hybridized carbons (Fsp3) is 0.355. The number of aromatic nitrogens is 2. The van der Waals surface area contributed by atoms with E-state index in [1.54, 1.807) is 0 Å². The zero-order chi connectivity index (χ0) is 25.9. The van der Waals surface area contributed by atoms with Gasteiger partial charge in [0.25, 0.3) is 0 Å². The van der Waals surface area contributed by atoms with Crippen LogP contribution in [0.25, 0.3) is 16.7 Å². The molecule has 0 radical (unpaired) electrons. The minimum atomic E-state index is 0.0631. The molecule has 38 heavy (non-hydrogen) atoms. The van der Waals surface area contributed by atoms with Gasteiger partial charge in [-0.2, -0.15) is 0 Å². The Morgan fingerprint density at radius 3 is 2.45 bits per heavy atom. The van der Waals surface area contributed by atoms with Gasteiger partial charge in [0, 0.05) is 49.4 Å². The minimum absolute atomic E-state index is 0.0631. The number of nitrogens with zero attached hydrogens (tertiary/aromatic N) is 5. The lowest BCUT2D eigenvalue weighted by Gasteiger charge is -2.39. The summed E-state index contributed by atoms with van der Waals surface area (Å²) in [6.07, 6.45) is 2.02. The second kappa shape index (κ2) is 11.4. The summed E-state index contributed by atoms with van der Waals surface area (Å²) in [5.41, 5.74) is 4.55. The number of imidazole rings is 1. The maximum absolute atomic E-state index is 13.5. The first-order valence-corrected chi connectivity index (χ1v) is 14.4. The van der Waals surface area contributed by atoms with E-state index in [0.717, 1.165) is 92.2 Å². The van der Waals surface area contributed by atoms with Crippen molar-refractivity contribution < 1.29 is 4.79 Å². The van der Waals surface area contributed by atoms with E-state index in [0.29, 0.717) is 5.91 Å². The number of likely N-dealkylation sites (tertiary alicyclic amines) is 1. The summed E-state index contributed by atoms with van der Waals surface area (Å²) in [5.74, 6) is 1.41. The molecule has 4 aromatic rings. The number of carbonyl (C=O) groups excluding carboxylic acids is 1. The molecule has 0 spiro atoms. The van der Waals surface area contributed by atoms with E-state index in [1.807, 2.05) is 12.1 Å². The molecule has 6 rings (SSSR count). The Morgan fingerprint density at radius 2 is 1.63 bits per heavy atom. The van der Waals surface area contributed by atoms with Gasteiger partial charge in [-0.25, -0.2) is 4.98 Å². The smallest absolute Gasteiger partial charge is 0.227 e. The van der Waals surface area contributed by atoms with Crippen LogP contribution >= 0.6 is 15.9 Å². The van der Waals surface area contributed by atoms with Crippen molar-refractivity contribution in [2.45, 2.75) is 25.9 Å². The van der Waals surface area contributed by atoms with Crippen LogP contribution in [-0.2, 0) is 17.9 Å². The first-order valence-electron chi connectivity index (χ1n) is 13.6. The molecule has 2 aliphatic heterocycles. The van der Waals surface area contributed by atoms with Crippen LogP contribution in [0.15, 0.2) is 83.3 Å². The van der Waals surface area contributed by atoms with Crippen molar-refractivity contribution in [1.29, 1.82) is 0 Å². The van der Waals surface area contributed by atoms with Gasteiger partial charge in [-0.15, -0.1) is 0 Å². The summed E-state index contributed by atoms with van der Waals surface area (Å²) in [6.45, 7) is 7.00. The second-order valence-electron chi connectivity index (χ2n) is 10.5. The van der Waals surface area contributed by atoms with Gasteiger partial charge < -0.3 is 4.90 Å². The molecule has 1 aromatic heterocycles. The molecule has 0 saturated carbocycles. The Hall–Kier alpha value is -3.00. The molecule has 1 amide bonds. The predicted octanol–water partition coefficient (Wildman–Crippen LogP) is 5.34. The van der Waals surface area contributed by atoms with Gasteiger partial charge in [-0.05, 0) is 55.3 Å². The number of carbonyl (C=O) groups is 1. The lowest BCUT2D eigenvalue weighted by atomic mass is 9.96. The quantitative estimate of drug-likeness (QED) is 0.313. The van der Waals surface area contributed by atoms with Crippen molar-refractivity contribution in [1.82, 2.24) is 24.3 Å². The number of hydrogen-bond donors (Lipinski definition) is 0. The van der Waals surface area contributed by atoms with E-state index in [4.69, 9.17) is 4.98 Å². The van der Waals surface area contributed by atoms with Crippen LogP contribution in [0.3, 0.4) is 0 Å². The average Bonchev–Trinajstić information content (AvgIpc) is 3.31. The number of halogens is 1. The Labute approximate surface area is 233 Å². The van der Waals surface area contributed by atoms with Crippen LogP contribution in [-0.4, -0.2) is 69.4 Å². The summed E-state index contributed by atoms with van der Waals surface area (Å²) in [6, 6.07) is 27.3. The molecule has 6 nitrogen and oxygen atoms in total. The molecule has 196 valence electrons. The average molecular weight is 573 g/mol. The minimum Gasteiger partial charge on any atom is -0.340 e. The first-order chi connectivity index (χ1) is 18.6. The lowest BCUT2D eigenvalue weighted by molar-refractivity contribution is -0.139. The van der Waals surface area contributed by atoms with Crippen LogP contribution < -0.4 is 0 Å². The molecular formula is C31H34BrN5O. The van der Waals surface area contributed by atoms with Crippen LogP contribution in [0.4, 0.5) is 0 Å². The van der Waals surface area contributed by atoms with Gasteiger partial charge in [-0.3, -0.25) is 19.2 Å². The van der Waals surface area contributed by atoms with Crippen molar-refractivity contribution in [2.75, 3.05) is 39.3 Å². The first kappa shape index (κ1) is 25.3. The predicted molar refractivity (Wildman–Crippen MR) is 155 cm³/mol. The fourth-order valence-corrected chi connectivity index (χ4v) is 6.30. The molecular weight excluding hydrogens is 538 g/mol. The molecule has 3 aromatic carbocycles. The summed E-state index contributed by atoms with van der Waals surface area (Å²) >= 11 is 3.63. The van der Waals surface area contributed by atoms with Crippen LogP contribution in [0.5, 0.6) is 0 Å².